The molecule has 72 valence electrons. The highest BCUT2D eigenvalue weighted by Crippen LogP contribution is 2.14. The minimum atomic E-state index is -3.41. The fraction of sp³-hybridized carbons (Fsp3) is 0.143. The summed E-state index contributed by atoms with van der Waals surface area (Å²) in [7, 11) is -3.41. The summed E-state index contributed by atoms with van der Waals surface area (Å²) in [5.74, 6) is 0. The maximum Gasteiger partial charge on any atom is 0.246 e. The molecule has 1 aromatic rings. The molecule has 0 spiro atoms. The summed E-state index contributed by atoms with van der Waals surface area (Å²) in [5.41, 5.74) is 0.449. The summed E-state index contributed by atoms with van der Waals surface area (Å²) < 4.78 is 24.2. The molecule has 0 atom stereocenters. The van der Waals surface area contributed by atoms with E-state index in [0.29, 0.717) is 10.7 Å². The Morgan fingerprint density at radius 2 is 1.77 bits per heavy atom. The van der Waals surface area contributed by atoms with Crippen LogP contribution in [0.2, 0.25) is 5.02 Å². The molecule has 0 amide bonds. The van der Waals surface area contributed by atoms with Crippen LogP contribution in [0, 0.1) is 0 Å². The molecule has 0 bridgehead atoms. The fourth-order valence-electron chi connectivity index (χ4n) is 0.725. The molecule has 1 rings (SSSR count). The van der Waals surface area contributed by atoms with Crippen molar-refractivity contribution in [3.05, 3.63) is 29.3 Å². The van der Waals surface area contributed by atoms with E-state index in [1.54, 1.807) is 24.3 Å². The molecule has 0 aliphatic rings. The molecule has 1 N–H and O–H groups in total. The first-order chi connectivity index (χ1) is 6.03. The second-order valence-electron chi connectivity index (χ2n) is 2.33. The summed E-state index contributed by atoms with van der Waals surface area (Å²) in [4.78, 5) is 0. The van der Waals surface area contributed by atoms with Crippen molar-refractivity contribution in [1.29, 1.82) is 0 Å². The zero-order chi connectivity index (χ0) is 9.90. The standard InChI is InChI=1S/C7H7Cl2NO2S/c8-5-13(11,12)10-7-3-1-6(9)2-4-7/h1-4,10H,5H2. The average molecular weight is 240 g/mol. The Hall–Kier alpha value is -0.450. The third-order valence-electron chi connectivity index (χ3n) is 1.26. The minimum Gasteiger partial charge on any atom is -0.283 e. The number of anilines is 1. The Bertz CT molecular complexity index is 374. The van der Waals surface area contributed by atoms with E-state index < -0.39 is 15.2 Å². The van der Waals surface area contributed by atoms with Gasteiger partial charge in [-0.3, -0.25) is 4.72 Å². The van der Waals surface area contributed by atoms with E-state index in [2.05, 4.69) is 4.72 Å². The largest absolute Gasteiger partial charge is 0.283 e. The van der Waals surface area contributed by atoms with Crippen molar-refractivity contribution in [2.45, 2.75) is 0 Å². The van der Waals surface area contributed by atoms with Crippen molar-refractivity contribution >= 4 is 38.9 Å². The summed E-state index contributed by atoms with van der Waals surface area (Å²) in [5, 5.41) is 0.0872. The van der Waals surface area contributed by atoms with Crippen LogP contribution in [0.5, 0.6) is 0 Å². The van der Waals surface area contributed by atoms with Gasteiger partial charge in [-0.15, -0.1) is 11.6 Å². The Balaban J connectivity index is 2.82. The van der Waals surface area contributed by atoms with Crippen LogP contribution in [0.1, 0.15) is 0 Å². The van der Waals surface area contributed by atoms with Gasteiger partial charge in [0.05, 0.1) is 0 Å². The molecular weight excluding hydrogens is 233 g/mol. The molecule has 0 unspecified atom stereocenters. The normalized spacial score (nSPS) is 11.2. The van der Waals surface area contributed by atoms with Crippen LogP contribution in [0.15, 0.2) is 24.3 Å². The van der Waals surface area contributed by atoms with E-state index in [4.69, 9.17) is 23.2 Å². The first kappa shape index (κ1) is 10.6. The molecule has 0 aliphatic heterocycles. The molecule has 3 nitrogen and oxygen atoms in total. The molecule has 0 radical (unpaired) electrons. The van der Waals surface area contributed by atoms with Crippen molar-refractivity contribution in [3.63, 3.8) is 0 Å². The van der Waals surface area contributed by atoms with Crippen LogP contribution < -0.4 is 4.72 Å². The average Bonchev–Trinajstić information content (AvgIpc) is 2.09. The van der Waals surface area contributed by atoms with Gasteiger partial charge in [0.25, 0.3) is 0 Å². The summed E-state index contributed by atoms with van der Waals surface area (Å²) in [6.07, 6.45) is 0. The van der Waals surface area contributed by atoms with Gasteiger partial charge in [-0.2, -0.15) is 0 Å². The summed E-state index contributed by atoms with van der Waals surface area (Å²) >= 11 is 10.8. The molecule has 0 aliphatic carbocycles. The topological polar surface area (TPSA) is 46.2 Å². The van der Waals surface area contributed by atoms with Gasteiger partial charge in [-0.25, -0.2) is 8.42 Å². The number of sulfonamides is 1. The van der Waals surface area contributed by atoms with Gasteiger partial charge >= 0.3 is 0 Å². The van der Waals surface area contributed by atoms with Gasteiger partial charge in [-0.05, 0) is 24.3 Å². The number of alkyl halides is 1. The second-order valence-corrected chi connectivity index (χ2v) is 5.08. The first-order valence-electron chi connectivity index (χ1n) is 3.35. The van der Waals surface area contributed by atoms with Gasteiger partial charge < -0.3 is 0 Å². The van der Waals surface area contributed by atoms with Crippen molar-refractivity contribution < 1.29 is 8.42 Å². The van der Waals surface area contributed by atoms with Crippen molar-refractivity contribution in [1.82, 2.24) is 0 Å². The van der Waals surface area contributed by atoms with Crippen molar-refractivity contribution in [2.75, 3.05) is 9.93 Å². The number of nitrogens with one attached hydrogen (secondary N) is 1. The third kappa shape index (κ3) is 3.42. The molecule has 1 aromatic carbocycles. The molecule has 0 saturated carbocycles. The van der Waals surface area contributed by atoms with Gasteiger partial charge in [0.2, 0.25) is 10.0 Å². The van der Waals surface area contributed by atoms with Crippen LogP contribution >= 0.6 is 23.2 Å². The molecule has 0 aromatic heterocycles. The summed E-state index contributed by atoms with van der Waals surface area (Å²) in [6, 6.07) is 6.31. The molecular formula is C7H7Cl2NO2S. The van der Waals surface area contributed by atoms with E-state index >= 15 is 0 Å². The lowest BCUT2D eigenvalue weighted by atomic mass is 10.3. The SMILES string of the molecule is O=S(=O)(CCl)Nc1ccc(Cl)cc1. The minimum absolute atomic E-state index is 0.449. The molecule has 13 heavy (non-hydrogen) atoms. The van der Waals surface area contributed by atoms with Crippen molar-refractivity contribution in [2.24, 2.45) is 0 Å². The summed E-state index contributed by atoms with van der Waals surface area (Å²) in [6.45, 7) is 0. The maximum atomic E-state index is 11.0. The zero-order valence-electron chi connectivity index (χ0n) is 6.50. The highest BCUT2D eigenvalue weighted by atomic mass is 35.5. The number of rotatable bonds is 3. The van der Waals surface area contributed by atoms with Crippen LogP contribution in [0.4, 0.5) is 5.69 Å². The third-order valence-corrected chi connectivity index (χ3v) is 3.21. The number of hydrogen-bond acceptors (Lipinski definition) is 2. The Morgan fingerprint density at radius 1 is 1.23 bits per heavy atom. The van der Waals surface area contributed by atoms with Gasteiger partial charge in [0.15, 0.2) is 0 Å². The second kappa shape index (κ2) is 4.17. The predicted molar refractivity (Wildman–Crippen MR) is 54.7 cm³/mol. The molecule has 0 heterocycles. The Morgan fingerprint density at radius 3 is 2.23 bits per heavy atom. The number of hydrogen-bond donors (Lipinski definition) is 1. The first-order valence-corrected chi connectivity index (χ1v) is 5.92. The van der Waals surface area contributed by atoms with E-state index in [9.17, 15) is 8.42 Å². The smallest absolute Gasteiger partial charge is 0.246 e. The lowest BCUT2D eigenvalue weighted by Gasteiger charge is -2.04. The lowest BCUT2D eigenvalue weighted by Crippen LogP contribution is -2.13. The number of halogens is 2. The van der Waals surface area contributed by atoms with Gasteiger partial charge in [0.1, 0.15) is 5.21 Å². The number of benzene rings is 1. The lowest BCUT2D eigenvalue weighted by molar-refractivity contribution is 0.605. The predicted octanol–water partition coefficient (Wildman–Crippen LogP) is 2.28. The van der Waals surface area contributed by atoms with Gasteiger partial charge in [0, 0.05) is 10.7 Å². The maximum absolute atomic E-state index is 11.0. The Kier molecular flexibility index (Phi) is 3.41. The van der Waals surface area contributed by atoms with E-state index in [1.165, 1.54) is 0 Å². The highest BCUT2D eigenvalue weighted by molar-refractivity contribution is 7.93. The van der Waals surface area contributed by atoms with Crippen LogP contribution in [0.25, 0.3) is 0 Å². The monoisotopic (exact) mass is 239 g/mol. The van der Waals surface area contributed by atoms with E-state index in [1.807, 2.05) is 0 Å². The molecule has 0 saturated heterocycles. The molecule has 6 heteroatoms. The highest BCUT2D eigenvalue weighted by Gasteiger charge is 2.06. The quantitative estimate of drug-likeness (QED) is 0.824. The zero-order valence-corrected chi connectivity index (χ0v) is 8.83. The molecule has 0 fully saturated rings. The Labute approximate surface area is 86.7 Å². The van der Waals surface area contributed by atoms with Crippen LogP contribution in [0.3, 0.4) is 0 Å². The van der Waals surface area contributed by atoms with Crippen LogP contribution in [-0.2, 0) is 10.0 Å². The fourth-order valence-corrected chi connectivity index (χ4v) is 1.56. The van der Waals surface area contributed by atoms with Crippen LogP contribution in [-0.4, -0.2) is 13.6 Å². The van der Waals surface area contributed by atoms with E-state index in [0.717, 1.165) is 0 Å². The van der Waals surface area contributed by atoms with Crippen molar-refractivity contribution in [3.8, 4) is 0 Å². The van der Waals surface area contributed by atoms with E-state index in [-0.39, 0.29) is 0 Å². The van der Waals surface area contributed by atoms with Gasteiger partial charge in [-0.1, -0.05) is 11.6 Å².